The van der Waals surface area contributed by atoms with Crippen LogP contribution >= 0.6 is 0 Å². The number of anilines is 3. The number of nitrogens with one attached hydrogen (secondary N) is 2. The van der Waals surface area contributed by atoms with Crippen LogP contribution in [-0.4, -0.2) is 63.6 Å². The second-order valence-electron chi connectivity index (χ2n) is 9.09. The first-order valence-corrected chi connectivity index (χ1v) is 11.7. The fourth-order valence-corrected chi connectivity index (χ4v) is 5.02. The topological polar surface area (TPSA) is 108 Å². The molecule has 5 heterocycles. The van der Waals surface area contributed by atoms with E-state index in [9.17, 15) is 9.59 Å². The van der Waals surface area contributed by atoms with Crippen molar-refractivity contribution in [2.24, 2.45) is 7.05 Å². The molecule has 1 unspecified atom stereocenters. The molecule has 2 aliphatic heterocycles. The Morgan fingerprint density at radius 3 is 2.85 bits per heavy atom. The standard InChI is InChI=1S/C24H30N8O2/c1-25-22(33)19-6-4-5-10-32(19)21-20-15(7-9-26-21)13-27-24(29-20)28-17-12-16-14-30(2)11-8-18(16)31(3)23(17)34/h7,9,12-13,19H,4-6,8,10-11,14H2,1-3H3,(H,25,33)(H,27,28,29). The minimum atomic E-state index is -0.284. The molecule has 10 heteroatoms. The normalized spacial score (nSPS) is 18.6. The molecule has 0 aromatic carbocycles. The fraction of sp³-hybridized carbons (Fsp3) is 0.458. The molecule has 0 radical (unpaired) electrons. The lowest BCUT2D eigenvalue weighted by molar-refractivity contribution is -0.122. The van der Waals surface area contributed by atoms with Gasteiger partial charge in [0.2, 0.25) is 11.9 Å². The van der Waals surface area contributed by atoms with Crippen LogP contribution in [0.15, 0.2) is 29.3 Å². The van der Waals surface area contributed by atoms with Crippen molar-refractivity contribution in [3.8, 4) is 0 Å². The molecular weight excluding hydrogens is 432 g/mol. The summed E-state index contributed by atoms with van der Waals surface area (Å²) in [5, 5.41) is 6.75. The Morgan fingerprint density at radius 2 is 2.03 bits per heavy atom. The highest BCUT2D eigenvalue weighted by atomic mass is 16.2. The highest BCUT2D eigenvalue weighted by Crippen LogP contribution is 2.29. The molecule has 1 amide bonds. The van der Waals surface area contributed by atoms with Crippen LogP contribution in [0.2, 0.25) is 0 Å². The number of nitrogens with zero attached hydrogens (tertiary/aromatic N) is 6. The minimum Gasteiger partial charge on any atom is -0.357 e. The quantitative estimate of drug-likeness (QED) is 0.602. The number of likely N-dealkylation sites (N-methyl/N-ethyl adjacent to an activating group) is 2. The number of hydrogen-bond acceptors (Lipinski definition) is 8. The number of carbonyl (C=O) groups excluding carboxylic acids is 1. The molecule has 34 heavy (non-hydrogen) atoms. The average Bonchev–Trinajstić information content (AvgIpc) is 2.86. The fourth-order valence-electron chi connectivity index (χ4n) is 5.02. The third-order valence-electron chi connectivity index (χ3n) is 6.85. The van der Waals surface area contributed by atoms with Gasteiger partial charge in [-0.25, -0.2) is 15.0 Å². The largest absolute Gasteiger partial charge is 0.357 e. The summed E-state index contributed by atoms with van der Waals surface area (Å²) in [4.78, 5) is 43.6. The number of rotatable bonds is 4. The highest BCUT2D eigenvalue weighted by Gasteiger charge is 2.30. The van der Waals surface area contributed by atoms with E-state index in [0.717, 1.165) is 62.0 Å². The molecule has 3 aromatic rings. The number of amides is 1. The Labute approximate surface area is 198 Å². The summed E-state index contributed by atoms with van der Waals surface area (Å²) in [6, 6.07) is 3.49. The lowest BCUT2D eigenvalue weighted by Crippen LogP contribution is -2.49. The van der Waals surface area contributed by atoms with Gasteiger partial charge in [0.1, 0.15) is 17.2 Å². The van der Waals surface area contributed by atoms with E-state index >= 15 is 0 Å². The van der Waals surface area contributed by atoms with Gasteiger partial charge in [0.25, 0.3) is 5.56 Å². The van der Waals surface area contributed by atoms with E-state index in [-0.39, 0.29) is 17.5 Å². The van der Waals surface area contributed by atoms with Gasteiger partial charge in [0.05, 0.1) is 0 Å². The maximum Gasteiger partial charge on any atom is 0.274 e. The Hall–Kier alpha value is -3.53. The first-order chi connectivity index (χ1) is 16.5. The molecule has 0 bridgehead atoms. The molecule has 0 aliphatic carbocycles. The molecule has 10 nitrogen and oxygen atoms in total. The summed E-state index contributed by atoms with van der Waals surface area (Å²) < 4.78 is 1.72. The zero-order valence-electron chi connectivity index (χ0n) is 19.8. The number of carbonyl (C=O) groups is 1. The second-order valence-corrected chi connectivity index (χ2v) is 9.09. The first kappa shape index (κ1) is 22.3. The van der Waals surface area contributed by atoms with Crippen LogP contribution in [0.3, 0.4) is 0 Å². The van der Waals surface area contributed by atoms with E-state index in [2.05, 4.69) is 32.5 Å². The van der Waals surface area contributed by atoms with Gasteiger partial charge in [0, 0.05) is 63.6 Å². The summed E-state index contributed by atoms with van der Waals surface area (Å²) in [6.45, 7) is 2.46. The third kappa shape index (κ3) is 3.98. The lowest BCUT2D eigenvalue weighted by Gasteiger charge is -2.35. The minimum absolute atomic E-state index is 0.0200. The summed E-state index contributed by atoms with van der Waals surface area (Å²) in [5.74, 6) is 0.973. The molecule has 0 saturated carbocycles. The smallest absolute Gasteiger partial charge is 0.274 e. The van der Waals surface area contributed by atoms with Crippen molar-refractivity contribution in [1.82, 2.24) is 29.7 Å². The predicted octanol–water partition coefficient (Wildman–Crippen LogP) is 1.56. The molecule has 1 fully saturated rings. The zero-order chi connectivity index (χ0) is 23.8. The summed E-state index contributed by atoms with van der Waals surface area (Å²) in [7, 11) is 5.55. The summed E-state index contributed by atoms with van der Waals surface area (Å²) >= 11 is 0. The lowest BCUT2D eigenvalue weighted by atomic mass is 10.0. The SMILES string of the molecule is CNC(=O)C1CCCCN1c1nccc2cnc(Nc3cc4c(n(C)c3=O)CCN(C)C4)nc12. The second kappa shape index (κ2) is 9.02. The molecule has 1 atom stereocenters. The van der Waals surface area contributed by atoms with Crippen molar-refractivity contribution in [3.05, 3.63) is 46.1 Å². The van der Waals surface area contributed by atoms with E-state index < -0.39 is 0 Å². The van der Waals surface area contributed by atoms with Crippen molar-refractivity contribution in [2.75, 3.05) is 37.4 Å². The van der Waals surface area contributed by atoms with Gasteiger partial charge in [-0.2, -0.15) is 0 Å². The van der Waals surface area contributed by atoms with Crippen LogP contribution in [0.5, 0.6) is 0 Å². The van der Waals surface area contributed by atoms with Gasteiger partial charge in [-0.15, -0.1) is 0 Å². The number of hydrogen-bond donors (Lipinski definition) is 2. The Balaban J connectivity index is 1.53. The molecule has 0 spiro atoms. The number of aromatic nitrogens is 4. The molecule has 178 valence electrons. The Morgan fingerprint density at radius 1 is 1.18 bits per heavy atom. The van der Waals surface area contributed by atoms with E-state index in [4.69, 9.17) is 4.98 Å². The van der Waals surface area contributed by atoms with Crippen LogP contribution in [0.1, 0.15) is 30.5 Å². The number of piperidine rings is 1. The van der Waals surface area contributed by atoms with Crippen molar-refractivity contribution < 1.29 is 4.79 Å². The van der Waals surface area contributed by atoms with Gasteiger partial charge in [-0.3, -0.25) is 9.59 Å². The molecule has 1 saturated heterocycles. The van der Waals surface area contributed by atoms with Gasteiger partial charge < -0.3 is 25.0 Å². The molecular formula is C24H30N8O2. The zero-order valence-corrected chi connectivity index (χ0v) is 19.8. The van der Waals surface area contributed by atoms with E-state index in [1.807, 2.05) is 24.1 Å². The van der Waals surface area contributed by atoms with Gasteiger partial charge in [-0.05, 0) is 44.0 Å². The number of pyridine rings is 2. The first-order valence-electron chi connectivity index (χ1n) is 11.7. The van der Waals surface area contributed by atoms with Gasteiger partial charge in [-0.1, -0.05) is 0 Å². The molecule has 2 aliphatic rings. The average molecular weight is 463 g/mol. The Kier molecular flexibility index (Phi) is 5.91. The van der Waals surface area contributed by atoms with E-state index in [1.54, 1.807) is 24.0 Å². The van der Waals surface area contributed by atoms with Crippen molar-refractivity contribution in [3.63, 3.8) is 0 Å². The maximum absolute atomic E-state index is 13.0. The monoisotopic (exact) mass is 462 g/mol. The Bertz CT molecular complexity index is 1300. The maximum atomic E-state index is 13.0. The van der Waals surface area contributed by atoms with Crippen molar-refractivity contribution >= 4 is 34.3 Å². The van der Waals surface area contributed by atoms with Crippen molar-refractivity contribution in [2.45, 2.75) is 38.3 Å². The summed E-state index contributed by atoms with van der Waals surface area (Å²) in [5.41, 5.74) is 3.20. The molecule has 5 rings (SSSR count). The van der Waals surface area contributed by atoms with Crippen LogP contribution in [0.4, 0.5) is 17.5 Å². The van der Waals surface area contributed by atoms with Gasteiger partial charge in [0.15, 0.2) is 5.82 Å². The van der Waals surface area contributed by atoms with Crippen LogP contribution in [-0.2, 0) is 24.8 Å². The third-order valence-corrected chi connectivity index (χ3v) is 6.85. The molecule has 3 aromatic heterocycles. The predicted molar refractivity (Wildman–Crippen MR) is 131 cm³/mol. The summed E-state index contributed by atoms with van der Waals surface area (Å²) in [6.07, 6.45) is 7.05. The number of fused-ring (bicyclic) bond motifs is 2. The molecule has 2 N–H and O–H groups in total. The van der Waals surface area contributed by atoms with Crippen LogP contribution in [0, 0.1) is 0 Å². The highest BCUT2D eigenvalue weighted by molar-refractivity contribution is 5.92. The van der Waals surface area contributed by atoms with Crippen LogP contribution < -0.4 is 21.1 Å². The van der Waals surface area contributed by atoms with E-state index in [1.165, 1.54) is 0 Å². The van der Waals surface area contributed by atoms with Crippen molar-refractivity contribution in [1.29, 1.82) is 0 Å². The van der Waals surface area contributed by atoms with E-state index in [0.29, 0.717) is 23.0 Å². The van der Waals surface area contributed by atoms with Crippen LogP contribution in [0.25, 0.3) is 10.9 Å². The van der Waals surface area contributed by atoms with Gasteiger partial charge >= 0.3 is 0 Å².